The number of H-pyrrole nitrogens is 1. The molecule has 19 heavy (non-hydrogen) atoms. The summed E-state index contributed by atoms with van der Waals surface area (Å²) in [6, 6.07) is 10.1. The molecular formula is C16H20N2O. The van der Waals surface area contributed by atoms with Gasteiger partial charge in [-0.3, -0.25) is 4.79 Å². The van der Waals surface area contributed by atoms with Crippen LogP contribution in [0.15, 0.2) is 30.3 Å². The molecule has 0 spiro atoms. The highest BCUT2D eigenvalue weighted by Crippen LogP contribution is 2.10. The third-order valence-corrected chi connectivity index (χ3v) is 3.35. The summed E-state index contributed by atoms with van der Waals surface area (Å²) in [7, 11) is 0. The lowest BCUT2D eigenvalue weighted by Crippen LogP contribution is -2.25. The Hall–Kier alpha value is -2.03. The van der Waals surface area contributed by atoms with Crippen LogP contribution in [0.25, 0.3) is 0 Å². The van der Waals surface area contributed by atoms with Crippen LogP contribution in [0.4, 0.5) is 0 Å². The van der Waals surface area contributed by atoms with Gasteiger partial charge in [0.05, 0.1) is 6.42 Å². The molecule has 2 N–H and O–H groups in total. The Balaban J connectivity index is 1.92. The Labute approximate surface area is 114 Å². The van der Waals surface area contributed by atoms with Crippen molar-refractivity contribution in [3.05, 3.63) is 58.4 Å². The summed E-state index contributed by atoms with van der Waals surface area (Å²) in [6.07, 6.45) is 0.433. The quantitative estimate of drug-likeness (QED) is 0.868. The molecule has 1 amide bonds. The fraction of sp³-hybridized carbons (Fsp3) is 0.312. The summed E-state index contributed by atoms with van der Waals surface area (Å²) in [4.78, 5) is 15.1. The lowest BCUT2D eigenvalue weighted by atomic mass is 10.1. The van der Waals surface area contributed by atoms with E-state index in [1.54, 1.807) is 0 Å². The molecule has 2 rings (SSSR count). The number of hydrogen-bond acceptors (Lipinski definition) is 1. The first-order chi connectivity index (χ1) is 9.06. The lowest BCUT2D eigenvalue weighted by molar-refractivity contribution is -0.120. The maximum absolute atomic E-state index is 11.9. The fourth-order valence-electron chi connectivity index (χ4n) is 2.20. The summed E-state index contributed by atoms with van der Waals surface area (Å²) in [5.41, 5.74) is 5.61. The molecule has 3 nitrogen and oxygen atoms in total. The largest absolute Gasteiger partial charge is 0.362 e. The minimum absolute atomic E-state index is 0.0605. The number of aryl methyl sites for hydroxylation is 3. The van der Waals surface area contributed by atoms with Crippen LogP contribution in [0.1, 0.15) is 28.1 Å². The van der Waals surface area contributed by atoms with Crippen molar-refractivity contribution in [3.8, 4) is 0 Å². The molecule has 0 aliphatic carbocycles. The number of hydrogen-bond donors (Lipinski definition) is 2. The van der Waals surface area contributed by atoms with E-state index in [9.17, 15) is 4.79 Å². The number of amides is 1. The van der Waals surface area contributed by atoms with Crippen molar-refractivity contribution in [1.82, 2.24) is 10.3 Å². The molecule has 2 aromatic rings. The SMILES string of the molecule is Cc1cc(CC(=O)NCc2ccccc2C)c(C)[nH]1. The zero-order valence-corrected chi connectivity index (χ0v) is 11.7. The molecule has 0 radical (unpaired) electrons. The van der Waals surface area contributed by atoms with Gasteiger partial charge in [-0.2, -0.15) is 0 Å². The van der Waals surface area contributed by atoms with Gasteiger partial charge in [0.2, 0.25) is 5.91 Å². The van der Waals surface area contributed by atoms with Crippen LogP contribution in [0.5, 0.6) is 0 Å². The lowest BCUT2D eigenvalue weighted by Gasteiger charge is -2.07. The third-order valence-electron chi connectivity index (χ3n) is 3.35. The minimum Gasteiger partial charge on any atom is -0.362 e. The highest BCUT2D eigenvalue weighted by Gasteiger charge is 2.08. The fourth-order valence-corrected chi connectivity index (χ4v) is 2.20. The Kier molecular flexibility index (Phi) is 4.05. The average Bonchev–Trinajstić information content (AvgIpc) is 2.67. The molecule has 0 fully saturated rings. The van der Waals surface area contributed by atoms with Gasteiger partial charge in [0.1, 0.15) is 0 Å². The van der Waals surface area contributed by atoms with Crippen LogP contribution in [0.3, 0.4) is 0 Å². The van der Waals surface area contributed by atoms with Gasteiger partial charge < -0.3 is 10.3 Å². The number of benzene rings is 1. The molecule has 100 valence electrons. The summed E-state index contributed by atoms with van der Waals surface area (Å²) >= 11 is 0. The van der Waals surface area contributed by atoms with Crippen LogP contribution >= 0.6 is 0 Å². The molecule has 0 aliphatic heterocycles. The van der Waals surface area contributed by atoms with E-state index in [2.05, 4.69) is 23.3 Å². The molecule has 3 heteroatoms. The van der Waals surface area contributed by atoms with Crippen molar-refractivity contribution in [2.24, 2.45) is 0 Å². The van der Waals surface area contributed by atoms with Crippen LogP contribution in [-0.2, 0) is 17.8 Å². The van der Waals surface area contributed by atoms with Crippen LogP contribution < -0.4 is 5.32 Å². The second-order valence-corrected chi connectivity index (χ2v) is 4.98. The Morgan fingerprint density at radius 2 is 1.89 bits per heavy atom. The van der Waals surface area contributed by atoms with Crippen LogP contribution in [0.2, 0.25) is 0 Å². The normalized spacial score (nSPS) is 10.5. The standard InChI is InChI=1S/C16H20N2O/c1-11-6-4-5-7-14(11)10-17-16(19)9-15-8-12(2)18-13(15)3/h4-8,18H,9-10H2,1-3H3,(H,17,19). The number of aromatic amines is 1. The maximum Gasteiger partial charge on any atom is 0.224 e. The van der Waals surface area contributed by atoms with E-state index in [-0.39, 0.29) is 5.91 Å². The molecule has 1 aromatic heterocycles. The molecular weight excluding hydrogens is 236 g/mol. The highest BCUT2D eigenvalue weighted by molar-refractivity contribution is 5.78. The molecule has 0 atom stereocenters. The zero-order chi connectivity index (χ0) is 13.8. The van der Waals surface area contributed by atoms with E-state index in [1.165, 1.54) is 5.56 Å². The number of carbonyl (C=O) groups is 1. The number of carbonyl (C=O) groups excluding carboxylic acids is 1. The van der Waals surface area contributed by atoms with E-state index in [0.29, 0.717) is 13.0 Å². The van der Waals surface area contributed by atoms with Crippen molar-refractivity contribution >= 4 is 5.91 Å². The van der Waals surface area contributed by atoms with Gasteiger partial charge in [-0.1, -0.05) is 24.3 Å². The van der Waals surface area contributed by atoms with Gasteiger partial charge in [-0.25, -0.2) is 0 Å². The summed E-state index contributed by atoms with van der Waals surface area (Å²) in [5.74, 6) is 0.0605. The first-order valence-electron chi connectivity index (χ1n) is 6.52. The topological polar surface area (TPSA) is 44.9 Å². The summed E-state index contributed by atoms with van der Waals surface area (Å²) in [6.45, 7) is 6.65. The number of aromatic nitrogens is 1. The highest BCUT2D eigenvalue weighted by atomic mass is 16.1. The Morgan fingerprint density at radius 1 is 1.16 bits per heavy atom. The van der Waals surface area contributed by atoms with Crippen molar-refractivity contribution < 1.29 is 4.79 Å². The van der Waals surface area contributed by atoms with Gasteiger partial charge in [0.25, 0.3) is 0 Å². The minimum atomic E-state index is 0.0605. The van der Waals surface area contributed by atoms with Gasteiger partial charge in [-0.05, 0) is 43.5 Å². The van der Waals surface area contributed by atoms with Gasteiger partial charge in [0.15, 0.2) is 0 Å². The molecule has 0 unspecified atom stereocenters. The second-order valence-electron chi connectivity index (χ2n) is 4.98. The molecule has 1 heterocycles. The Bertz CT molecular complexity index is 584. The van der Waals surface area contributed by atoms with Crippen molar-refractivity contribution in [3.63, 3.8) is 0 Å². The smallest absolute Gasteiger partial charge is 0.224 e. The maximum atomic E-state index is 11.9. The monoisotopic (exact) mass is 256 g/mol. The van der Waals surface area contributed by atoms with E-state index in [0.717, 1.165) is 22.5 Å². The molecule has 0 saturated heterocycles. The first-order valence-corrected chi connectivity index (χ1v) is 6.52. The van der Waals surface area contributed by atoms with Crippen molar-refractivity contribution in [2.45, 2.75) is 33.7 Å². The van der Waals surface area contributed by atoms with E-state index >= 15 is 0 Å². The average molecular weight is 256 g/mol. The predicted octanol–water partition coefficient (Wildman–Crippen LogP) is 2.80. The third kappa shape index (κ3) is 3.47. The summed E-state index contributed by atoms with van der Waals surface area (Å²) < 4.78 is 0. The summed E-state index contributed by atoms with van der Waals surface area (Å²) in [5, 5.41) is 2.97. The van der Waals surface area contributed by atoms with Crippen molar-refractivity contribution in [1.29, 1.82) is 0 Å². The number of nitrogens with one attached hydrogen (secondary N) is 2. The van der Waals surface area contributed by atoms with Crippen LogP contribution in [-0.4, -0.2) is 10.9 Å². The first kappa shape index (κ1) is 13.4. The van der Waals surface area contributed by atoms with E-state index in [4.69, 9.17) is 0 Å². The molecule has 0 aliphatic rings. The zero-order valence-electron chi connectivity index (χ0n) is 11.7. The predicted molar refractivity (Wildman–Crippen MR) is 77.0 cm³/mol. The van der Waals surface area contributed by atoms with Crippen LogP contribution in [0, 0.1) is 20.8 Å². The number of rotatable bonds is 4. The second kappa shape index (κ2) is 5.74. The van der Waals surface area contributed by atoms with E-state index < -0.39 is 0 Å². The van der Waals surface area contributed by atoms with Crippen molar-refractivity contribution in [2.75, 3.05) is 0 Å². The molecule has 1 aromatic carbocycles. The van der Waals surface area contributed by atoms with Gasteiger partial charge in [-0.15, -0.1) is 0 Å². The Morgan fingerprint density at radius 3 is 2.53 bits per heavy atom. The molecule has 0 bridgehead atoms. The molecule has 0 saturated carbocycles. The van der Waals surface area contributed by atoms with Gasteiger partial charge in [0, 0.05) is 17.9 Å². The van der Waals surface area contributed by atoms with Gasteiger partial charge >= 0.3 is 0 Å². The van der Waals surface area contributed by atoms with E-state index in [1.807, 2.05) is 38.1 Å².